The molecule has 6 N–H and O–H groups in total. The number of fused-ring (bicyclic) bond motifs is 1. The number of hydrogen-bond acceptors (Lipinski definition) is 17. The number of pyridine rings is 1. The predicted molar refractivity (Wildman–Crippen MR) is 280 cm³/mol. The third-order valence-electron chi connectivity index (χ3n) is 13.2. The first-order chi connectivity index (χ1) is 37.5. The number of carbonyl (C=O) groups excluding carboxylic acids is 7. The van der Waals surface area contributed by atoms with Crippen molar-refractivity contribution in [2.75, 3.05) is 65.1 Å². The number of carbonyl (C=O) groups is 7. The van der Waals surface area contributed by atoms with Gasteiger partial charge in [0.15, 0.2) is 0 Å². The number of rotatable bonds is 32. The topological polar surface area (TPSA) is 278 Å². The highest BCUT2D eigenvalue weighted by molar-refractivity contribution is 8.15. The molecule has 3 fully saturated rings. The molecular weight excluding hydrogens is 1060 g/mol. The van der Waals surface area contributed by atoms with E-state index in [9.17, 15) is 51.8 Å². The van der Waals surface area contributed by atoms with E-state index >= 15 is 0 Å². The number of aryl methyl sites for hydroxylation is 1. The molecule has 0 radical (unpaired) electrons. The number of alkyl halides is 3. The fourth-order valence-electron chi connectivity index (χ4n) is 8.77. The van der Waals surface area contributed by atoms with Gasteiger partial charge in [0.25, 0.3) is 17.1 Å². The van der Waals surface area contributed by atoms with Crippen molar-refractivity contribution in [1.82, 2.24) is 36.5 Å². The van der Waals surface area contributed by atoms with Crippen LogP contribution in [-0.4, -0.2) is 156 Å². The second-order valence-corrected chi connectivity index (χ2v) is 21.2. The van der Waals surface area contributed by atoms with Gasteiger partial charge in [0.2, 0.25) is 17.7 Å². The maximum Gasteiger partial charge on any atom is 0.442 e. The largest absolute Gasteiger partial charge is 0.508 e. The number of benzene rings is 2. The number of halogens is 3. The lowest BCUT2D eigenvalue weighted by Gasteiger charge is -2.20. The first-order valence-electron chi connectivity index (χ1n) is 25.9. The molecule has 1 unspecified atom stereocenters. The number of aromatic hydroxyl groups is 1. The Hall–Kier alpha value is -6.35. The predicted octanol–water partition coefficient (Wildman–Crippen LogP) is 5.26. The number of imide groups is 3. The number of ether oxygens (including phenoxy) is 4. The van der Waals surface area contributed by atoms with Gasteiger partial charge in [0.1, 0.15) is 17.5 Å². The molecule has 21 nitrogen and oxygen atoms in total. The standard InChI is InChI=1S/C52H64F3N9O12S2/c1-2-33-30-58-36(28-40(33)65)17-22-76-37-15-9-32(10-16-37)27-42-48(70)64(50(72)78-42)44(67)29-38(59-46(68)34-11-13-35(14-12-34)51(62-63-51)52(53,54)55)47(69)57-19-6-21-74-24-26-75-25-23-73-20-5-18-56-43(66)8-4-3-7-41-45-39(31-77-41)60-49(71)61-45/h9-16,28,30,38-39,41-42,45H,2-8,17-27,29,31H2,1H3,(H,56,66)(H,57,69)(H,58,65)(H,59,68)(H2,60,61,71)/t38-,39+,41+,42?,45+/m1/s1. The minimum Gasteiger partial charge on any atom is -0.508 e. The molecular formula is C52H64F3N9O12S2. The van der Waals surface area contributed by atoms with Gasteiger partial charge in [-0.05, 0) is 68.4 Å². The zero-order valence-electron chi connectivity index (χ0n) is 43.0. The average Bonchev–Trinajstić information content (AvgIpc) is 4.04. The molecule has 8 amide bonds. The van der Waals surface area contributed by atoms with Crippen molar-refractivity contribution >= 4 is 64.3 Å². The highest BCUT2D eigenvalue weighted by Crippen LogP contribution is 2.52. The van der Waals surface area contributed by atoms with Crippen LogP contribution in [-0.2, 0) is 58.3 Å². The van der Waals surface area contributed by atoms with Crippen molar-refractivity contribution in [3.8, 4) is 11.5 Å². The molecule has 78 heavy (non-hydrogen) atoms. The monoisotopic (exact) mass is 1130 g/mol. The Kier molecular flexibility index (Phi) is 21.7. The summed E-state index contributed by atoms with van der Waals surface area (Å²) in [5.74, 6) is -1.99. The molecule has 2 aromatic carbocycles. The lowest BCUT2D eigenvalue weighted by Crippen LogP contribution is -2.50. The van der Waals surface area contributed by atoms with Crippen molar-refractivity contribution < 1.29 is 70.8 Å². The third-order valence-corrected chi connectivity index (χ3v) is 15.7. The summed E-state index contributed by atoms with van der Waals surface area (Å²) in [7, 11) is 0. The molecule has 0 saturated carbocycles. The van der Waals surface area contributed by atoms with E-state index in [1.165, 1.54) is 0 Å². The highest BCUT2D eigenvalue weighted by atomic mass is 32.2. The van der Waals surface area contributed by atoms with Gasteiger partial charge in [0.05, 0.1) is 56.8 Å². The van der Waals surface area contributed by atoms with Crippen molar-refractivity contribution in [2.45, 2.75) is 112 Å². The lowest BCUT2D eigenvalue weighted by molar-refractivity contribution is -0.166. The fraction of sp³-hybridized carbons (Fsp3) is 0.538. The molecule has 0 bridgehead atoms. The Balaban J connectivity index is 0.787. The van der Waals surface area contributed by atoms with Gasteiger partial charge in [-0.3, -0.25) is 33.8 Å². The van der Waals surface area contributed by atoms with Crippen LogP contribution in [0.5, 0.6) is 11.5 Å². The van der Waals surface area contributed by atoms with Crippen LogP contribution in [0.1, 0.15) is 84.6 Å². The molecule has 7 rings (SSSR count). The Labute approximate surface area is 457 Å². The summed E-state index contributed by atoms with van der Waals surface area (Å²) in [4.78, 5) is 95.9. The maximum absolute atomic E-state index is 13.7. The number of aromatic nitrogens is 1. The smallest absolute Gasteiger partial charge is 0.442 e. The normalized spacial score (nSPS) is 19.5. The number of thioether (sulfide) groups is 2. The van der Waals surface area contributed by atoms with Crippen LogP contribution >= 0.6 is 23.5 Å². The van der Waals surface area contributed by atoms with E-state index in [1.54, 1.807) is 36.5 Å². The second-order valence-electron chi connectivity index (χ2n) is 18.8. The number of unbranched alkanes of at least 4 members (excludes halogenated alkanes) is 1. The minimum atomic E-state index is -4.80. The molecule has 4 aliphatic heterocycles. The van der Waals surface area contributed by atoms with E-state index in [0.717, 1.165) is 54.8 Å². The van der Waals surface area contributed by atoms with E-state index in [0.29, 0.717) is 97.4 Å². The molecule has 26 heteroatoms. The molecule has 1 aromatic heterocycles. The van der Waals surface area contributed by atoms with E-state index in [2.05, 4.69) is 41.8 Å². The SMILES string of the molecule is CCc1cnc(CCOc2ccc(CC3SC(=O)N(C(=O)C[C@@H](NC(=O)c4ccc(C5(C(F)(F)F)N=N5)cc4)C(=O)NCCCOCCOCCOCCCNC(=O)CCCC[C@@H]4SC[C@@H]5NC(=O)N[C@@H]54)C3=O)cc2)cc1O. The summed E-state index contributed by atoms with van der Waals surface area (Å²) < 4.78 is 63.3. The summed E-state index contributed by atoms with van der Waals surface area (Å²) >= 11 is 2.51. The Morgan fingerprint density at radius 3 is 2.21 bits per heavy atom. The van der Waals surface area contributed by atoms with Crippen LogP contribution in [0.3, 0.4) is 0 Å². The van der Waals surface area contributed by atoms with Crippen molar-refractivity contribution in [3.05, 3.63) is 88.7 Å². The van der Waals surface area contributed by atoms with E-state index in [1.807, 2.05) is 18.7 Å². The molecule has 0 aliphatic carbocycles. The number of hydrogen-bond donors (Lipinski definition) is 6. The molecule has 5 atom stereocenters. The van der Waals surface area contributed by atoms with Crippen LogP contribution in [0.25, 0.3) is 0 Å². The van der Waals surface area contributed by atoms with E-state index in [4.69, 9.17) is 18.9 Å². The van der Waals surface area contributed by atoms with Crippen LogP contribution in [0.15, 0.2) is 71.0 Å². The van der Waals surface area contributed by atoms with Crippen LogP contribution in [0.2, 0.25) is 0 Å². The average molecular weight is 1130 g/mol. The Morgan fingerprint density at radius 2 is 1.55 bits per heavy atom. The Bertz CT molecular complexity index is 2610. The summed E-state index contributed by atoms with van der Waals surface area (Å²) in [5.41, 5.74) is -1.12. The molecule has 0 spiro atoms. The summed E-state index contributed by atoms with van der Waals surface area (Å²) in [6, 6.07) is 11.3. The van der Waals surface area contributed by atoms with Crippen molar-refractivity contribution in [1.29, 1.82) is 0 Å². The first kappa shape index (κ1) is 59.3. The maximum atomic E-state index is 13.7. The number of amides is 8. The number of nitrogens with zero attached hydrogens (tertiary/aromatic N) is 4. The van der Waals surface area contributed by atoms with Crippen molar-refractivity contribution in [3.63, 3.8) is 0 Å². The van der Waals surface area contributed by atoms with Gasteiger partial charge in [-0.15, -0.1) is 10.2 Å². The van der Waals surface area contributed by atoms with Gasteiger partial charge in [-0.1, -0.05) is 49.4 Å². The summed E-state index contributed by atoms with van der Waals surface area (Å²) in [6.45, 7) is 4.57. The second kappa shape index (κ2) is 28.5. The van der Waals surface area contributed by atoms with Crippen LogP contribution < -0.4 is 31.3 Å². The Morgan fingerprint density at radius 1 is 0.872 bits per heavy atom. The number of nitrogens with one attached hydrogen (secondary N) is 5. The molecule has 5 heterocycles. The fourth-order valence-corrected chi connectivity index (χ4v) is 11.3. The minimum absolute atomic E-state index is 0.00144. The first-order valence-corrected chi connectivity index (χ1v) is 27.8. The lowest BCUT2D eigenvalue weighted by atomic mass is 10.0. The molecule has 3 saturated heterocycles. The highest BCUT2D eigenvalue weighted by Gasteiger charge is 2.65. The van der Waals surface area contributed by atoms with Crippen LogP contribution in [0, 0.1) is 0 Å². The van der Waals surface area contributed by atoms with E-state index < -0.39 is 58.4 Å². The van der Waals surface area contributed by atoms with Gasteiger partial charge in [0, 0.05) is 84.8 Å². The zero-order chi connectivity index (χ0) is 55.7. The van der Waals surface area contributed by atoms with Gasteiger partial charge >= 0.3 is 17.9 Å². The van der Waals surface area contributed by atoms with Gasteiger partial charge < -0.3 is 50.6 Å². The summed E-state index contributed by atoms with van der Waals surface area (Å²) in [6.07, 6.45) is 1.27. The number of urea groups is 1. The molecule has 3 aromatic rings. The van der Waals surface area contributed by atoms with Gasteiger partial charge in [-0.2, -0.15) is 24.9 Å². The quantitative estimate of drug-likeness (QED) is 0.0344. The third kappa shape index (κ3) is 16.6. The van der Waals surface area contributed by atoms with E-state index in [-0.39, 0.29) is 80.3 Å². The summed E-state index contributed by atoms with van der Waals surface area (Å²) in [5, 5.41) is 28.9. The van der Waals surface area contributed by atoms with Crippen molar-refractivity contribution in [2.24, 2.45) is 10.2 Å². The molecule has 422 valence electrons. The molecule has 4 aliphatic rings. The zero-order valence-corrected chi connectivity index (χ0v) is 44.6. The van der Waals surface area contributed by atoms with Gasteiger partial charge in [-0.25, -0.2) is 9.69 Å². The van der Waals surface area contributed by atoms with Crippen LogP contribution in [0.4, 0.5) is 22.8 Å².